The molecule has 2 unspecified atom stereocenters. The monoisotopic (exact) mass is 161 g/mol. The fraction of sp³-hybridized carbons (Fsp3) is 1.00. The van der Waals surface area contributed by atoms with Crippen molar-refractivity contribution in [2.45, 2.75) is 31.6 Å². The molecule has 0 aromatic rings. The van der Waals surface area contributed by atoms with Crippen molar-refractivity contribution >= 4 is 10.8 Å². The summed E-state index contributed by atoms with van der Waals surface area (Å²) < 4.78 is 11.3. The van der Waals surface area contributed by atoms with Crippen molar-refractivity contribution in [2.24, 2.45) is 0 Å². The Morgan fingerprint density at radius 1 is 1.60 bits per heavy atom. The highest BCUT2D eigenvalue weighted by Crippen LogP contribution is 2.13. The molecule has 3 heteroatoms. The largest absolute Gasteiger partial charge is 0.310 e. The van der Waals surface area contributed by atoms with Gasteiger partial charge < -0.3 is 5.32 Å². The lowest BCUT2D eigenvalue weighted by atomic mass is 10.1. The molecule has 1 fully saturated rings. The molecule has 0 saturated carbocycles. The van der Waals surface area contributed by atoms with E-state index >= 15 is 0 Å². The van der Waals surface area contributed by atoms with Crippen LogP contribution < -0.4 is 5.32 Å². The molecule has 0 amide bonds. The highest BCUT2D eigenvalue weighted by Gasteiger charge is 2.28. The predicted molar refractivity (Wildman–Crippen MR) is 44.6 cm³/mol. The lowest BCUT2D eigenvalue weighted by molar-refractivity contribution is 0.414. The van der Waals surface area contributed by atoms with E-state index < -0.39 is 10.8 Å². The van der Waals surface area contributed by atoms with Gasteiger partial charge in [0.05, 0.1) is 0 Å². The fourth-order valence-electron chi connectivity index (χ4n) is 1.06. The molecule has 1 aliphatic heterocycles. The minimum Gasteiger partial charge on any atom is -0.310 e. The van der Waals surface area contributed by atoms with Crippen LogP contribution in [-0.2, 0) is 10.8 Å². The molecule has 0 bridgehead atoms. The molecular formula is C7H15NOS. The van der Waals surface area contributed by atoms with Gasteiger partial charge in [0.15, 0.2) is 0 Å². The Labute approximate surface area is 64.8 Å². The number of nitrogens with one attached hydrogen (secondary N) is 1. The third kappa shape index (κ3) is 1.80. The number of rotatable bonds is 0. The van der Waals surface area contributed by atoms with E-state index in [1.807, 2.05) is 6.92 Å². The van der Waals surface area contributed by atoms with Crippen LogP contribution in [0.2, 0.25) is 0 Å². The summed E-state index contributed by atoms with van der Waals surface area (Å²) in [7, 11) is -0.617. The minimum absolute atomic E-state index is 0.0807. The molecule has 1 N–H and O–H groups in total. The molecule has 0 spiro atoms. The standard InChI is InChI=1S/C7H15NOS/c1-6-4-8-7(2,3)5-10(6)9/h6,8H,4-5H2,1-3H3. The molecule has 1 saturated heterocycles. The second-order valence-electron chi connectivity index (χ2n) is 3.60. The van der Waals surface area contributed by atoms with E-state index in [9.17, 15) is 4.21 Å². The first-order valence-electron chi connectivity index (χ1n) is 3.63. The van der Waals surface area contributed by atoms with Gasteiger partial charge in [-0.1, -0.05) is 0 Å². The second-order valence-corrected chi connectivity index (χ2v) is 5.46. The van der Waals surface area contributed by atoms with E-state index in [1.165, 1.54) is 0 Å². The van der Waals surface area contributed by atoms with Gasteiger partial charge in [-0.3, -0.25) is 4.21 Å². The molecule has 0 aromatic carbocycles. The van der Waals surface area contributed by atoms with Crippen molar-refractivity contribution in [2.75, 3.05) is 12.3 Å². The molecule has 60 valence electrons. The average molecular weight is 161 g/mol. The van der Waals surface area contributed by atoms with E-state index in [2.05, 4.69) is 19.2 Å². The Bertz CT molecular complexity index is 156. The average Bonchev–Trinajstić information content (AvgIpc) is 1.79. The first-order valence-corrected chi connectivity index (χ1v) is 5.02. The fourth-order valence-corrected chi connectivity index (χ4v) is 2.43. The molecule has 1 heterocycles. The van der Waals surface area contributed by atoms with Gasteiger partial charge in [0.2, 0.25) is 0 Å². The van der Waals surface area contributed by atoms with Gasteiger partial charge in [-0.2, -0.15) is 0 Å². The van der Waals surface area contributed by atoms with Crippen LogP contribution in [0.25, 0.3) is 0 Å². The zero-order chi connectivity index (χ0) is 7.78. The van der Waals surface area contributed by atoms with E-state index in [0.29, 0.717) is 5.25 Å². The SMILES string of the molecule is CC1CNC(C)(C)CS1=O. The van der Waals surface area contributed by atoms with E-state index in [-0.39, 0.29) is 5.54 Å². The topological polar surface area (TPSA) is 29.1 Å². The summed E-state index contributed by atoms with van der Waals surface area (Å²) >= 11 is 0. The molecule has 0 aromatic heterocycles. The summed E-state index contributed by atoms with van der Waals surface area (Å²) in [4.78, 5) is 0. The Morgan fingerprint density at radius 2 is 2.20 bits per heavy atom. The normalized spacial score (nSPS) is 39.5. The Balaban J connectivity index is 2.57. The van der Waals surface area contributed by atoms with Crippen LogP contribution >= 0.6 is 0 Å². The predicted octanol–water partition coefficient (Wildman–Crippen LogP) is 0.505. The molecule has 10 heavy (non-hydrogen) atoms. The number of hydrogen-bond donors (Lipinski definition) is 1. The highest BCUT2D eigenvalue weighted by molar-refractivity contribution is 7.85. The Hall–Kier alpha value is 0.110. The van der Waals surface area contributed by atoms with Crippen molar-refractivity contribution in [3.63, 3.8) is 0 Å². The molecule has 1 aliphatic rings. The van der Waals surface area contributed by atoms with E-state index in [1.54, 1.807) is 0 Å². The summed E-state index contributed by atoms with van der Waals surface area (Å²) in [5.74, 6) is 0.786. The summed E-state index contributed by atoms with van der Waals surface area (Å²) in [5.41, 5.74) is 0.0807. The van der Waals surface area contributed by atoms with Crippen LogP contribution in [0.3, 0.4) is 0 Å². The molecule has 0 aliphatic carbocycles. The van der Waals surface area contributed by atoms with Gasteiger partial charge in [0.25, 0.3) is 0 Å². The van der Waals surface area contributed by atoms with Gasteiger partial charge in [0, 0.05) is 33.9 Å². The van der Waals surface area contributed by atoms with Crippen LogP contribution in [-0.4, -0.2) is 27.3 Å². The van der Waals surface area contributed by atoms with Crippen molar-refractivity contribution in [3.05, 3.63) is 0 Å². The highest BCUT2D eigenvalue weighted by atomic mass is 32.2. The van der Waals surface area contributed by atoms with Crippen LogP contribution in [0.4, 0.5) is 0 Å². The summed E-state index contributed by atoms with van der Waals surface area (Å²) in [6.45, 7) is 7.10. The maximum atomic E-state index is 11.3. The van der Waals surface area contributed by atoms with Crippen molar-refractivity contribution < 1.29 is 4.21 Å². The van der Waals surface area contributed by atoms with Gasteiger partial charge in [-0.25, -0.2) is 0 Å². The Kier molecular flexibility index (Phi) is 2.15. The van der Waals surface area contributed by atoms with Gasteiger partial charge >= 0.3 is 0 Å². The second kappa shape index (κ2) is 2.62. The van der Waals surface area contributed by atoms with Crippen LogP contribution in [0, 0.1) is 0 Å². The smallest absolute Gasteiger partial charge is 0.0445 e. The lowest BCUT2D eigenvalue weighted by Gasteiger charge is -2.33. The van der Waals surface area contributed by atoms with E-state index in [0.717, 1.165) is 12.3 Å². The summed E-state index contributed by atoms with van der Waals surface area (Å²) in [6, 6.07) is 0. The van der Waals surface area contributed by atoms with Crippen molar-refractivity contribution in [1.29, 1.82) is 0 Å². The third-order valence-corrected chi connectivity index (χ3v) is 3.89. The van der Waals surface area contributed by atoms with Gasteiger partial charge in [-0.05, 0) is 20.8 Å². The molecule has 0 radical (unpaired) electrons. The molecular weight excluding hydrogens is 146 g/mol. The molecule has 2 atom stereocenters. The summed E-state index contributed by atoms with van der Waals surface area (Å²) in [5, 5.41) is 3.67. The van der Waals surface area contributed by atoms with Crippen molar-refractivity contribution in [1.82, 2.24) is 5.32 Å². The quantitative estimate of drug-likeness (QED) is 0.561. The molecule has 2 nitrogen and oxygen atoms in total. The summed E-state index contributed by atoms with van der Waals surface area (Å²) in [6.07, 6.45) is 0. The molecule has 1 rings (SSSR count). The van der Waals surface area contributed by atoms with Gasteiger partial charge in [-0.15, -0.1) is 0 Å². The van der Waals surface area contributed by atoms with Crippen LogP contribution in [0.5, 0.6) is 0 Å². The minimum atomic E-state index is -0.617. The zero-order valence-electron chi connectivity index (χ0n) is 6.81. The zero-order valence-corrected chi connectivity index (χ0v) is 7.62. The lowest BCUT2D eigenvalue weighted by Crippen LogP contribution is -2.53. The Morgan fingerprint density at radius 3 is 2.60 bits per heavy atom. The maximum absolute atomic E-state index is 11.3. The van der Waals surface area contributed by atoms with Gasteiger partial charge in [0.1, 0.15) is 0 Å². The first-order chi connectivity index (χ1) is 4.51. The maximum Gasteiger partial charge on any atom is 0.0445 e. The van der Waals surface area contributed by atoms with Crippen LogP contribution in [0.1, 0.15) is 20.8 Å². The van der Waals surface area contributed by atoms with Crippen molar-refractivity contribution in [3.8, 4) is 0 Å². The van der Waals surface area contributed by atoms with Crippen LogP contribution in [0.15, 0.2) is 0 Å². The van der Waals surface area contributed by atoms with E-state index in [4.69, 9.17) is 0 Å². The third-order valence-electron chi connectivity index (χ3n) is 1.82. The first kappa shape index (κ1) is 8.21. The number of hydrogen-bond acceptors (Lipinski definition) is 2.